The Bertz CT molecular complexity index is 1370. The standard InChI is InChI=1S/C44H72NO13P/c1-3-5-7-8-9-10-11-12-13-14-15-16-17-22-26-32-43(50)58-38(35-56-59(53,54)57-36-39(45)44(51)52)34-55-42(49)33-27-31-41(48)40(47)30-25-21-19-18-20-24-29-37(46)28-23-6-4-2/h6,9-10,12-13,18-21,23-25,29-30,37-41,46-48H,3-5,7-8,11,14-17,22,26-28,31-36,45H2,1-2H3,(H,51,52)(H,53,54)/b10-9-,13-12-,20-18+,21-19-,23-6-,29-24+,30-25-/t37-,38-,39+,40+,41+/m1/s1. The molecule has 336 valence electrons. The molecule has 14 nitrogen and oxygen atoms in total. The molecule has 0 aromatic rings. The number of aliphatic hydroxyl groups excluding tert-OH is 3. The Hall–Kier alpha value is -3.46. The SMILES string of the molecule is CC/C=C\C[C@@H](O)/C=C/C=C/C=C\C=C/[C@H](O)[C@@H](O)CCCC(=O)OC[C@H](COP(=O)(O)OC[C@H](N)C(=O)O)OC(=O)CCCCCCC/C=C\C/C=C\CCCCC. The zero-order chi connectivity index (χ0) is 44.0. The molecule has 0 spiro atoms. The van der Waals surface area contributed by atoms with Gasteiger partial charge >= 0.3 is 25.7 Å². The summed E-state index contributed by atoms with van der Waals surface area (Å²) in [7, 11) is -4.81. The topological polar surface area (TPSA) is 232 Å². The van der Waals surface area contributed by atoms with Crippen LogP contribution in [0.2, 0.25) is 0 Å². The van der Waals surface area contributed by atoms with E-state index in [4.69, 9.17) is 24.8 Å². The molecule has 0 heterocycles. The van der Waals surface area contributed by atoms with Gasteiger partial charge in [-0.1, -0.05) is 131 Å². The maximum atomic E-state index is 12.6. The molecular formula is C44H72NO13P. The van der Waals surface area contributed by atoms with Crippen LogP contribution in [0.15, 0.2) is 85.1 Å². The zero-order valence-corrected chi connectivity index (χ0v) is 36.0. The second kappa shape index (κ2) is 37.5. The van der Waals surface area contributed by atoms with E-state index in [9.17, 15) is 39.2 Å². The molecular weight excluding hydrogens is 781 g/mol. The van der Waals surface area contributed by atoms with Crippen molar-refractivity contribution in [3.05, 3.63) is 85.1 Å². The number of carbonyl (C=O) groups is 3. The Labute approximate surface area is 351 Å². The number of unbranched alkanes of at least 4 members (excludes halogenated alkanes) is 8. The number of phosphoric ester groups is 1. The second-order valence-electron chi connectivity index (χ2n) is 14.0. The van der Waals surface area contributed by atoms with Crippen LogP contribution < -0.4 is 5.73 Å². The number of carbonyl (C=O) groups excluding carboxylic acids is 2. The van der Waals surface area contributed by atoms with Crippen LogP contribution in [0.1, 0.15) is 123 Å². The third-order valence-electron chi connectivity index (χ3n) is 8.47. The molecule has 0 aliphatic rings. The van der Waals surface area contributed by atoms with Crippen molar-refractivity contribution in [2.75, 3.05) is 19.8 Å². The summed E-state index contributed by atoms with van der Waals surface area (Å²) in [5.41, 5.74) is 5.31. The molecule has 6 atom stereocenters. The molecule has 0 aliphatic heterocycles. The number of hydrogen-bond acceptors (Lipinski definition) is 12. The van der Waals surface area contributed by atoms with E-state index in [0.29, 0.717) is 12.8 Å². The van der Waals surface area contributed by atoms with E-state index in [1.54, 1.807) is 42.5 Å². The monoisotopic (exact) mass is 853 g/mol. The predicted molar refractivity (Wildman–Crippen MR) is 230 cm³/mol. The van der Waals surface area contributed by atoms with E-state index in [1.165, 1.54) is 25.3 Å². The van der Waals surface area contributed by atoms with Gasteiger partial charge in [-0.25, -0.2) is 4.57 Å². The average molecular weight is 854 g/mol. The molecule has 0 bridgehead atoms. The molecule has 0 amide bonds. The third kappa shape index (κ3) is 36.1. The highest BCUT2D eigenvalue weighted by atomic mass is 31.2. The van der Waals surface area contributed by atoms with Gasteiger partial charge in [-0.05, 0) is 64.2 Å². The van der Waals surface area contributed by atoms with Crippen molar-refractivity contribution < 1.29 is 62.8 Å². The lowest BCUT2D eigenvalue weighted by atomic mass is 10.1. The van der Waals surface area contributed by atoms with Gasteiger partial charge in [0.05, 0.1) is 31.5 Å². The van der Waals surface area contributed by atoms with Gasteiger partial charge in [0.15, 0.2) is 6.10 Å². The first-order valence-corrected chi connectivity index (χ1v) is 22.4. The number of rotatable bonds is 37. The van der Waals surface area contributed by atoms with Gasteiger partial charge in [0, 0.05) is 12.8 Å². The Morgan fingerprint density at radius 2 is 1.27 bits per heavy atom. The minimum absolute atomic E-state index is 0.0661. The van der Waals surface area contributed by atoms with Crippen LogP contribution in [0, 0.1) is 0 Å². The molecule has 59 heavy (non-hydrogen) atoms. The Balaban J connectivity index is 4.76. The summed E-state index contributed by atoms with van der Waals surface area (Å²) in [6.07, 6.45) is 34.6. The Kier molecular flexibility index (Phi) is 35.3. The number of aliphatic carboxylic acids is 1. The van der Waals surface area contributed by atoms with Crippen LogP contribution in [-0.2, 0) is 37.5 Å². The van der Waals surface area contributed by atoms with E-state index in [2.05, 4.69) is 35.8 Å². The number of ether oxygens (including phenoxy) is 2. The minimum atomic E-state index is -4.81. The molecule has 0 radical (unpaired) electrons. The largest absolute Gasteiger partial charge is 0.480 e. The second-order valence-corrected chi connectivity index (χ2v) is 15.4. The van der Waals surface area contributed by atoms with E-state index < -0.39 is 76.0 Å². The van der Waals surface area contributed by atoms with Crippen molar-refractivity contribution in [1.82, 2.24) is 0 Å². The number of carboxylic acid groups (broad SMARTS) is 1. The number of carboxylic acids is 1. The summed E-state index contributed by atoms with van der Waals surface area (Å²) in [5.74, 6) is -2.79. The normalized spacial score (nSPS) is 16.2. The number of nitrogens with two attached hydrogens (primary N) is 1. The van der Waals surface area contributed by atoms with Crippen LogP contribution >= 0.6 is 7.82 Å². The molecule has 1 unspecified atom stereocenters. The molecule has 0 aromatic heterocycles. The molecule has 0 aliphatic carbocycles. The van der Waals surface area contributed by atoms with Gasteiger partial charge in [-0.15, -0.1) is 0 Å². The number of aliphatic hydroxyl groups is 3. The van der Waals surface area contributed by atoms with E-state index in [1.807, 2.05) is 19.1 Å². The van der Waals surface area contributed by atoms with E-state index in [-0.39, 0.29) is 25.7 Å². The fourth-order valence-corrected chi connectivity index (χ4v) is 5.80. The number of allylic oxidation sites excluding steroid dienone is 11. The van der Waals surface area contributed by atoms with Crippen LogP contribution in [0.3, 0.4) is 0 Å². The maximum absolute atomic E-state index is 12.6. The first-order chi connectivity index (χ1) is 28.3. The summed E-state index contributed by atoms with van der Waals surface area (Å²) in [6.45, 7) is 2.19. The third-order valence-corrected chi connectivity index (χ3v) is 9.42. The van der Waals surface area contributed by atoms with Crippen LogP contribution in [-0.4, -0.2) is 93.5 Å². The minimum Gasteiger partial charge on any atom is -0.480 e. The van der Waals surface area contributed by atoms with Gasteiger partial charge in [-0.3, -0.25) is 23.4 Å². The van der Waals surface area contributed by atoms with E-state index in [0.717, 1.165) is 51.4 Å². The fraction of sp³-hybridized carbons (Fsp3) is 0.614. The van der Waals surface area contributed by atoms with Crippen LogP contribution in [0.5, 0.6) is 0 Å². The lowest BCUT2D eigenvalue weighted by molar-refractivity contribution is -0.161. The number of esters is 2. The number of hydrogen-bond donors (Lipinski definition) is 6. The highest BCUT2D eigenvalue weighted by molar-refractivity contribution is 7.47. The molecule has 0 saturated heterocycles. The first kappa shape index (κ1) is 55.5. The molecule has 0 saturated carbocycles. The van der Waals surface area contributed by atoms with Gasteiger partial charge in [0.25, 0.3) is 0 Å². The molecule has 0 aromatic carbocycles. The van der Waals surface area contributed by atoms with Crippen LogP contribution in [0.25, 0.3) is 0 Å². The molecule has 7 N–H and O–H groups in total. The summed E-state index contributed by atoms with van der Waals surface area (Å²) < 4.78 is 32.4. The fourth-order valence-electron chi connectivity index (χ4n) is 5.02. The quantitative estimate of drug-likeness (QED) is 0.0116. The number of phosphoric acid groups is 1. The summed E-state index contributed by atoms with van der Waals surface area (Å²) in [6, 6.07) is -1.58. The van der Waals surface area contributed by atoms with Crippen molar-refractivity contribution in [2.24, 2.45) is 5.73 Å². The van der Waals surface area contributed by atoms with Gasteiger partial charge in [-0.2, -0.15) is 0 Å². The molecule has 0 fully saturated rings. The average Bonchev–Trinajstić information content (AvgIpc) is 3.20. The van der Waals surface area contributed by atoms with E-state index >= 15 is 0 Å². The van der Waals surface area contributed by atoms with Crippen molar-refractivity contribution in [2.45, 2.75) is 153 Å². The highest BCUT2D eigenvalue weighted by Crippen LogP contribution is 2.43. The van der Waals surface area contributed by atoms with Crippen molar-refractivity contribution in [3.8, 4) is 0 Å². The summed E-state index contributed by atoms with van der Waals surface area (Å²) in [5, 5.41) is 39.2. The summed E-state index contributed by atoms with van der Waals surface area (Å²) in [4.78, 5) is 46.0. The van der Waals surface area contributed by atoms with Crippen LogP contribution in [0.4, 0.5) is 0 Å². The zero-order valence-electron chi connectivity index (χ0n) is 35.1. The maximum Gasteiger partial charge on any atom is 0.472 e. The first-order valence-electron chi connectivity index (χ1n) is 20.9. The predicted octanol–water partition coefficient (Wildman–Crippen LogP) is 7.63. The summed E-state index contributed by atoms with van der Waals surface area (Å²) >= 11 is 0. The lowest BCUT2D eigenvalue weighted by Gasteiger charge is -2.20. The van der Waals surface area contributed by atoms with Gasteiger partial charge in [0.2, 0.25) is 0 Å². The molecule has 0 rings (SSSR count). The van der Waals surface area contributed by atoms with Crippen molar-refractivity contribution in [3.63, 3.8) is 0 Å². The Morgan fingerprint density at radius 1 is 0.678 bits per heavy atom. The van der Waals surface area contributed by atoms with Crippen molar-refractivity contribution in [1.29, 1.82) is 0 Å². The smallest absolute Gasteiger partial charge is 0.472 e. The Morgan fingerprint density at radius 3 is 1.93 bits per heavy atom. The van der Waals surface area contributed by atoms with Gasteiger partial charge in [0.1, 0.15) is 12.6 Å². The highest BCUT2D eigenvalue weighted by Gasteiger charge is 2.28. The lowest BCUT2D eigenvalue weighted by Crippen LogP contribution is -2.34. The van der Waals surface area contributed by atoms with Gasteiger partial charge < -0.3 is 40.5 Å². The van der Waals surface area contributed by atoms with Crippen molar-refractivity contribution >= 4 is 25.7 Å². The molecule has 15 heteroatoms.